The van der Waals surface area contributed by atoms with Gasteiger partial charge >= 0.3 is 0 Å². The molecule has 0 heterocycles. The maximum atomic E-state index is 13.2. The second-order valence-electron chi connectivity index (χ2n) is 8.52. The first-order valence-electron chi connectivity index (χ1n) is 9.68. The molecular weight excluding hydrogens is 394 g/mol. The fourth-order valence-corrected chi connectivity index (χ4v) is 5.66. The molecule has 8 atom stereocenters. The number of benzene rings is 1. The predicted octanol–water partition coefficient (Wildman–Crippen LogP) is -0.477. The van der Waals surface area contributed by atoms with Crippen molar-refractivity contribution < 1.29 is 39.9 Å². The highest BCUT2D eigenvalue weighted by Gasteiger charge is 2.68. The lowest BCUT2D eigenvalue weighted by atomic mass is 9.52. The molecule has 9 heteroatoms. The number of carbonyl (C=O) groups is 3. The molecule has 0 aliphatic heterocycles. The molecule has 1 fully saturated rings. The summed E-state index contributed by atoms with van der Waals surface area (Å²) in [5.74, 6) is -10.3. The van der Waals surface area contributed by atoms with Crippen LogP contribution < -0.4 is 5.73 Å². The predicted molar refractivity (Wildman–Crippen MR) is 101 cm³/mol. The van der Waals surface area contributed by atoms with E-state index in [0.29, 0.717) is 5.56 Å². The minimum absolute atomic E-state index is 0.0835. The van der Waals surface area contributed by atoms with Gasteiger partial charge in [-0.25, -0.2) is 0 Å². The van der Waals surface area contributed by atoms with Crippen LogP contribution in [0.5, 0.6) is 5.75 Å². The summed E-state index contributed by atoms with van der Waals surface area (Å²) < 4.78 is 0. The highest BCUT2D eigenvalue weighted by atomic mass is 16.4. The second kappa shape index (κ2) is 6.37. The average Bonchev–Trinajstić information content (AvgIpc) is 2.67. The van der Waals surface area contributed by atoms with Crippen LogP contribution in [0.3, 0.4) is 0 Å². The Bertz CT molecular complexity index is 1020. The molecule has 1 amide bonds. The first kappa shape index (κ1) is 20.5. The molecule has 3 aliphatic rings. The van der Waals surface area contributed by atoms with Gasteiger partial charge in [0.05, 0.1) is 17.8 Å². The molecule has 160 valence electrons. The molecule has 7 unspecified atom stereocenters. The zero-order chi connectivity index (χ0) is 22.3. The molecule has 1 aromatic rings. The van der Waals surface area contributed by atoms with Crippen LogP contribution in [-0.4, -0.2) is 60.8 Å². The number of Topliss-reactive ketones (excluding diaryl/α,β-unsaturated/α-hetero) is 2. The van der Waals surface area contributed by atoms with Crippen LogP contribution in [0.25, 0.3) is 0 Å². The van der Waals surface area contributed by atoms with Gasteiger partial charge in [0, 0.05) is 17.4 Å². The van der Waals surface area contributed by atoms with Crippen LogP contribution in [0.15, 0.2) is 29.5 Å². The molecule has 1 saturated carbocycles. The zero-order valence-electron chi connectivity index (χ0n) is 16.3. The van der Waals surface area contributed by atoms with E-state index in [1.54, 1.807) is 19.1 Å². The van der Waals surface area contributed by atoms with Gasteiger partial charge in [-0.3, -0.25) is 14.4 Å². The number of aliphatic hydroxyl groups excluding tert-OH is 3. The number of hydrogen-bond donors (Lipinski definition) is 6. The van der Waals surface area contributed by atoms with Gasteiger partial charge in [0.2, 0.25) is 5.91 Å². The highest BCUT2D eigenvalue weighted by molar-refractivity contribution is 6.15. The summed E-state index contributed by atoms with van der Waals surface area (Å²) in [5.41, 5.74) is 2.45. The lowest BCUT2D eigenvalue weighted by Gasteiger charge is -2.54. The van der Waals surface area contributed by atoms with Gasteiger partial charge in [-0.2, -0.15) is 0 Å². The largest absolute Gasteiger partial charge is 0.508 e. The average molecular weight is 417 g/mol. The number of amides is 1. The van der Waals surface area contributed by atoms with E-state index in [9.17, 15) is 39.9 Å². The Balaban J connectivity index is 2.00. The molecule has 0 aromatic heterocycles. The fourth-order valence-electron chi connectivity index (χ4n) is 5.66. The van der Waals surface area contributed by atoms with Crippen molar-refractivity contribution in [3.63, 3.8) is 0 Å². The number of fused-ring (bicyclic) bond motifs is 3. The van der Waals surface area contributed by atoms with Crippen molar-refractivity contribution in [2.75, 3.05) is 0 Å². The molecule has 4 rings (SSSR count). The molecule has 0 spiro atoms. The fraction of sp³-hybridized carbons (Fsp3) is 0.476. The Morgan fingerprint density at radius 3 is 2.33 bits per heavy atom. The van der Waals surface area contributed by atoms with Gasteiger partial charge in [0.1, 0.15) is 17.4 Å². The van der Waals surface area contributed by atoms with Crippen LogP contribution in [0.4, 0.5) is 0 Å². The first-order chi connectivity index (χ1) is 14.0. The summed E-state index contributed by atoms with van der Waals surface area (Å²) in [6.45, 7) is 3.12. The van der Waals surface area contributed by atoms with Crippen molar-refractivity contribution in [2.24, 2.45) is 29.4 Å². The Hall–Kier alpha value is -2.75. The van der Waals surface area contributed by atoms with Crippen LogP contribution in [-0.2, 0) is 9.59 Å². The number of aliphatic hydroxyl groups is 4. The molecule has 1 aromatic carbocycles. The van der Waals surface area contributed by atoms with Gasteiger partial charge < -0.3 is 31.3 Å². The van der Waals surface area contributed by atoms with E-state index in [1.807, 2.05) is 0 Å². The number of phenols is 1. The van der Waals surface area contributed by atoms with E-state index in [4.69, 9.17) is 5.73 Å². The van der Waals surface area contributed by atoms with Crippen molar-refractivity contribution in [2.45, 2.75) is 37.6 Å². The van der Waals surface area contributed by atoms with Crippen LogP contribution >= 0.6 is 0 Å². The second-order valence-corrected chi connectivity index (χ2v) is 8.52. The number of phenolic OH excluding ortho intramolecular Hbond substituents is 1. The summed E-state index contributed by atoms with van der Waals surface area (Å²) >= 11 is 0. The number of nitrogens with two attached hydrogens (primary N) is 1. The number of aromatic hydroxyl groups is 1. The summed E-state index contributed by atoms with van der Waals surface area (Å²) in [6, 6.07) is 4.46. The van der Waals surface area contributed by atoms with Crippen LogP contribution in [0, 0.1) is 23.7 Å². The highest BCUT2D eigenvalue weighted by Crippen LogP contribution is 2.56. The Labute approximate surface area is 171 Å². The number of hydrogen-bond acceptors (Lipinski definition) is 8. The molecular formula is C21H23NO8. The van der Waals surface area contributed by atoms with E-state index < -0.39 is 70.6 Å². The minimum atomic E-state index is -2.78. The van der Waals surface area contributed by atoms with E-state index in [1.165, 1.54) is 13.0 Å². The quantitative estimate of drug-likeness (QED) is 0.332. The Morgan fingerprint density at radius 2 is 1.73 bits per heavy atom. The summed E-state index contributed by atoms with van der Waals surface area (Å²) in [4.78, 5) is 38.0. The Kier molecular flexibility index (Phi) is 4.36. The third kappa shape index (κ3) is 2.25. The monoisotopic (exact) mass is 417 g/mol. The van der Waals surface area contributed by atoms with Crippen molar-refractivity contribution in [1.29, 1.82) is 0 Å². The first-order valence-corrected chi connectivity index (χ1v) is 9.68. The summed E-state index contributed by atoms with van der Waals surface area (Å²) in [5, 5.41) is 54.2. The topological polar surface area (TPSA) is 178 Å². The zero-order valence-corrected chi connectivity index (χ0v) is 16.3. The van der Waals surface area contributed by atoms with Gasteiger partial charge in [-0.15, -0.1) is 0 Å². The minimum Gasteiger partial charge on any atom is -0.508 e. The lowest BCUT2D eigenvalue weighted by Crippen LogP contribution is -2.70. The Morgan fingerprint density at radius 1 is 1.10 bits per heavy atom. The van der Waals surface area contributed by atoms with Crippen molar-refractivity contribution in [3.8, 4) is 5.75 Å². The van der Waals surface area contributed by atoms with Crippen LogP contribution in [0.2, 0.25) is 0 Å². The van der Waals surface area contributed by atoms with E-state index in [2.05, 4.69) is 0 Å². The third-order valence-electron chi connectivity index (χ3n) is 7.15. The number of rotatable bonds is 1. The van der Waals surface area contributed by atoms with Gasteiger partial charge in [-0.1, -0.05) is 26.0 Å². The standard InChI is InChI=1S/C21H23NO8/c1-6-8-4-3-5-9(23)11(8)16(25)12-10(6)17(26)14-7(2)15(24)13(20(22)29)19(28)21(14,30)18(12)27/h3-7,10,13-15,17,23-24,26-27,30H,1-2H3,(H2,22,29)/t6?,7-,10?,13?,14?,15?,17?,21?/m0/s1. The molecule has 30 heavy (non-hydrogen) atoms. The number of carbonyl (C=O) groups excluding carboxylic acids is 3. The normalized spacial score (nSPS) is 40.5. The van der Waals surface area contributed by atoms with Crippen molar-refractivity contribution in [3.05, 3.63) is 40.7 Å². The lowest BCUT2D eigenvalue weighted by molar-refractivity contribution is -0.191. The molecule has 7 N–H and O–H groups in total. The number of ketones is 2. The summed E-state index contributed by atoms with van der Waals surface area (Å²) in [7, 11) is 0. The number of primary amides is 1. The molecule has 0 radical (unpaired) electrons. The van der Waals surface area contributed by atoms with Gasteiger partial charge in [0.15, 0.2) is 17.2 Å². The van der Waals surface area contributed by atoms with Crippen LogP contribution in [0.1, 0.15) is 35.7 Å². The van der Waals surface area contributed by atoms with E-state index in [0.717, 1.165) is 0 Å². The SMILES string of the molecule is CC1c2cccc(O)c2C(=O)C2=C(O)C3(O)C(=O)C(C(N)=O)C(O)[C@@H](C)C3C(O)C21. The van der Waals surface area contributed by atoms with Crippen molar-refractivity contribution >= 4 is 17.5 Å². The molecule has 3 aliphatic carbocycles. The molecule has 0 bridgehead atoms. The summed E-state index contributed by atoms with van der Waals surface area (Å²) in [6.07, 6.45) is -3.08. The molecule has 9 nitrogen and oxygen atoms in total. The third-order valence-corrected chi connectivity index (χ3v) is 7.15. The van der Waals surface area contributed by atoms with E-state index in [-0.39, 0.29) is 16.9 Å². The van der Waals surface area contributed by atoms with Gasteiger partial charge in [-0.05, 0) is 23.5 Å². The maximum Gasteiger partial charge on any atom is 0.230 e. The maximum absolute atomic E-state index is 13.2. The molecule has 0 saturated heterocycles. The van der Waals surface area contributed by atoms with E-state index >= 15 is 0 Å². The van der Waals surface area contributed by atoms with Crippen molar-refractivity contribution in [1.82, 2.24) is 0 Å². The smallest absolute Gasteiger partial charge is 0.230 e. The van der Waals surface area contributed by atoms with Gasteiger partial charge in [0.25, 0.3) is 0 Å².